The average molecular weight is 541 g/mol. The number of halogens is 1. The highest BCUT2D eigenvalue weighted by Gasteiger charge is 2.23. The van der Waals surface area contributed by atoms with Gasteiger partial charge in [-0.2, -0.15) is 5.10 Å². The van der Waals surface area contributed by atoms with Crippen molar-refractivity contribution < 1.29 is 12.8 Å². The van der Waals surface area contributed by atoms with E-state index >= 15 is 0 Å². The molecule has 0 unspecified atom stereocenters. The largest absolute Gasteiger partial charge is 0.350 e. The van der Waals surface area contributed by atoms with Crippen LogP contribution in [0.2, 0.25) is 0 Å². The number of fused-ring (bicyclic) bond motifs is 1. The zero-order valence-corrected chi connectivity index (χ0v) is 23.1. The maximum Gasteiger partial charge on any atom is 0.212 e. The van der Waals surface area contributed by atoms with Gasteiger partial charge in [-0.1, -0.05) is 44.2 Å². The molecule has 0 radical (unpaired) electrons. The van der Waals surface area contributed by atoms with Crippen molar-refractivity contribution in [3.8, 4) is 0 Å². The standard InChI is InChI=1S/C28H37FN6O2S/c1-4-35(5-2)16-9-17-38(36,37)33-25(15-12-21-10-7-6-8-11-21)28-30-27(31-32-28)18-22-20-34(3)26-19-23(29)13-14-24(22)26/h6-8,10-11,13-14,19-20,25,33H,4-5,9,12,15-18H2,1-3H3,(H,30,31,32)/t25-/m1/s1. The number of aromatic amines is 1. The van der Waals surface area contributed by atoms with Crippen LogP contribution in [0.4, 0.5) is 4.39 Å². The molecule has 0 aliphatic rings. The molecule has 2 aromatic carbocycles. The molecule has 4 aromatic rings. The number of hydrogen-bond donors (Lipinski definition) is 2. The summed E-state index contributed by atoms with van der Waals surface area (Å²) in [6, 6.07) is 14.2. The molecule has 2 heterocycles. The molecular formula is C28H37FN6O2S. The Bertz CT molecular complexity index is 1430. The molecule has 0 bridgehead atoms. The van der Waals surface area contributed by atoms with Gasteiger partial charge in [0.05, 0.1) is 17.3 Å². The smallest absolute Gasteiger partial charge is 0.212 e. The van der Waals surface area contributed by atoms with Gasteiger partial charge in [0.1, 0.15) is 11.6 Å². The number of sulfonamides is 1. The number of aromatic nitrogens is 4. The van der Waals surface area contributed by atoms with Gasteiger partial charge in [0.15, 0.2) is 5.82 Å². The zero-order chi connectivity index (χ0) is 27.1. The van der Waals surface area contributed by atoms with E-state index in [1.54, 1.807) is 6.07 Å². The Morgan fingerprint density at radius 2 is 1.89 bits per heavy atom. The van der Waals surface area contributed by atoms with Crippen LogP contribution in [0.25, 0.3) is 10.9 Å². The molecule has 38 heavy (non-hydrogen) atoms. The second kappa shape index (κ2) is 12.6. The third kappa shape index (κ3) is 7.27. The molecule has 2 aromatic heterocycles. The number of nitrogens with one attached hydrogen (secondary N) is 2. The molecule has 1 atom stereocenters. The molecular weight excluding hydrogens is 503 g/mol. The van der Waals surface area contributed by atoms with E-state index in [1.807, 2.05) is 48.1 Å². The lowest BCUT2D eigenvalue weighted by Gasteiger charge is -2.19. The van der Waals surface area contributed by atoms with Crippen LogP contribution in [0, 0.1) is 5.82 Å². The van der Waals surface area contributed by atoms with Crippen molar-refractivity contribution in [2.75, 3.05) is 25.4 Å². The minimum Gasteiger partial charge on any atom is -0.350 e. The van der Waals surface area contributed by atoms with Crippen molar-refractivity contribution in [3.05, 3.63) is 83.3 Å². The van der Waals surface area contributed by atoms with Crippen molar-refractivity contribution in [2.45, 2.75) is 45.6 Å². The predicted octanol–water partition coefficient (Wildman–Crippen LogP) is 4.35. The van der Waals surface area contributed by atoms with Crippen LogP contribution >= 0.6 is 0 Å². The fourth-order valence-electron chi connectivity index (χ4n) is 4.80. The van der Waals surface area contributed by atoms with Gasteiger partial charge < -0.3 is 9.47 Å². The summed E-state index contributed by atoms with van der Waals surface area (Å²) in [7, 11) is -1.65. The third-order valence-corrected chi connectivity index (χ3v) is 8.40. The van der Waals surface area contributed by atoms with Gasteiger partial charge in [-0.3, -0.25) is 5.10 Å². The van der Waals surface area contributed by atoms with E-state index in [0.29, 0.717) is 37.3 Å². The molecule has 4 rings (SSSR count). The quantitative estimate of drug-likeness (QED) is 0.248. The molecule has 0 saturated heterocycles. The molecule has 0 spiro atoms. The second-order valence-electron chi connectivity index (χ2n) is 9.63. The Balaban J connectivity index is 1.50. The maximum atomic E-state index is 13.7. The Hall–Kier alpha value is -3.08. The number of aryl methyl sites for hydroxylation is 2. The fraction of sp³-hybridized carbons (Fsp3) is 0.429. The number of H-pyrrole nitrogens is 1. The lowest BCUT2D eigenvalue weighted by Crippen LogP contribution is -2.33. The maximum absolute atomic E-state index is 13.7. The molecule has 0 saturated carbocycles. The summed E-state index contributed by atoms with van der Waals surface area (Å²) < 4.78 is 44.6. The first-order chi connectivity index (χ1) is 18.3. The van der Waals surface area contributed by atoms with E-state index < -0.39 is 16.1 Å². The SMILES string of the molecule is CCN(CC)CCCS(=O)(=O)N[C@H](CCc1ccccc1)c1nc(Cc2cn(C)c3cc(F)ccc23)n[nH]1. The monoisotopic (exact) mass is 540 g/mol. The number of hydrogen-bond acceptors (Lipinski definition) is 5. The van der Waals surface area contributed by atoms with Crippen LogP contribution in [0.15, 0.2) is 54.7 Å². The van der Waals surface area contributed by atoms with Gasteiger partial charge in [-0.15, -0.1) is 0 Å². The van der Waals surface area contributed by atoms with Crippen molar-refractivity contribution in [1.29, 1.82) is 0 Å². The van der Waals surface area contributed by atoms with Gasteiger partial charge in [-0.05, 0) is 68.2 Å². The lowest BCUT2D eigenvalue weighted by atomic mass is 10.1. The van der Waals surface area contributed by atoms with Crippen molar-refractivity contribution >= 4 is 20.9 Å². The van der Waals surface area contributed by atoms with E-state index in [2.05, 4.69) is 38.7 Å². The molecule has 10 heteroatoms. The van der Waals surface area contributed by atoms with Gasteiger partial charge in [0.2, 0.25) is 10.0 Å². The van der Waals surface area contributed by atoms with Crippen LogP contribution < -0.4 is 4.72 Å². The predicted molar refractivity (Wildman–Crippen MR) is 149 cm³/mol. The first-order valence-corrected chi connectivity index (χ1v) is 14.8. The number of nitrogens with zero attached hydrogens (tertiary/aromatic N) is 4. The van der Waals surface area contributed by atoms with Gasteiger partial charge >= 0.3 is 0 Å². The van der Waals surface area contributed by atoms with Crippen molar-refractivity contribution in [1.82, 2.24) is 29.4 Å². The Kier molecular flexibility index (Phi) is 9.30. The summed E-state index contributed by atoms with van der Waals surface area (Å²) >= 11 is 0. The molecule has 0 aliphatic carbocycles. The van der Waals surface area contributed by atoms with Gasteiger partial charge in [0, 0.05) is 25.1 Å². The highest BCUT2D eigenvalue weighted by molar-refractivity contribution is 7.89. The lowest BCUT2D eigenvalue weighted by molar-refractivity contribution is 0.304. The van der Waals surface area contributed by atoms with Gasteiger partial charge in [-0.25, -0.2) is 22.5 Å². The zero-order valence-electron chi connectivity index (χ0n) is 22.3. The molecule has 0 fully saturated rings. The van der Waals surface area contributed by atoms with E-state index in [-0.39, 0.29) is 11.6 Å². The minimum atomic E-state index is -3.53. The first-order valence-electron chi connectivity index (χ1n) is 13.2. The highest BCUT2D eigenvalue weighted by Crippen LogP contribution is 2.24. The topological polar surface area (TPSA) is 95.9 Å². The molecule has 8 nitrogen and oxygen atoms in total. The summed E-state index contributed by atoms with van der Waals surface area (Å²) in [5, 5.41) is 8.32. The summed E-state index contributed by atoms with van der Waals surface area (Å²) in [5.74, 6) is 0.826. The van der Waals surface area contributed by atoms with Crippen molar-refractivity contribution in [3.63, 3.8) is 0 Å². The van der Waals surface area contributed by atoms with Crippen LogP contribution in [0.1, 0.15) is 55.5 Å². The highest BCUT2D eigenvalue weighted by atomic mass is 32.2. The summed E-state index contributed by atoms with van der Waals surface area (Å²) in [6.45, 7) is 6.69. The first kappa shape index (κ1) is 27.9. The van der Waals surface area contributed by atoms with Gasteiger partial charge in [0.25, 0.3) is 0 Å². The number of rotatable bonds is 14. The van der Waals surface area contributed by atoms with E-state index in [1.165, 1.54) is 12.1 Å². The minimum absolute atomic E-state index is 0.0545. The van der Waals surface area contributed by atoms with Crippen LogP contribution in [0.5, 0.6) is 0 Å². The molecule has 0 amide bonds. The second-order valence-corrected chi connectivity index (χ2v) is 11.5. The Labute approximate surface area is 224 Å². The van der Waals surface area contributed by atoms with Crippen LogP contribution in [-0.2, 0) is 29.9 Å². The van der Waals surface area contributed by atoms with E-state index in [0.717, 1.165) is 41.7 Å². The molecule has 204 valence electrons. The van der Waals surface area contributed by atoms with Crippen LogP contribution in [-0.4, -0.2) is 58.5 Å². The Morgan fingerprint density at radius 3 is 2.63 bits per heavy atom. The Morgan fingerprint density at radius 1 is 1.13 bits per heavy atom. The van der Waals surface area contributed by atoms with E-state index in [4.69, 9.17) is 0 Å². The van der Waals surface area contributed by atoms with E-state index in [9.17, 15) is 12.8 Å². The summed E-state index contributed by atoms with van der Waals surface area (Å²) in [6.07, 6.45) is 4.19. The normalized spacial score (nSPS) is 13.0. The summed E-state index contributed by atoms with van der Waals surface area (Å²) in [5.41, 5.74) is 2.90. The molecule has 2 N–H and O–H groups in total. The fourth-order valence-corrected chi connectivity index (χ4v) is 6.09. The summed E-state index contributed by atoms with van der Waals surface area (Å²) in [4.78, 5) is 6.90. The third-order valence-electron chi connectivity index (χ3n) is 6.93. The molecule has 0 aliphatic heterocycles. The average Bonchev–Trinajstić information content (AvgIpc) is 3.49. The number of benzene rings is 2. The van der Waals surface area contributed by atoms with Crippen LogP contribution in [0.3, 0.4) is 0 Å². The van der Waals surface area contributed by atoms with Crippen molar-refractivity contribution in [2.24, 2.45) is 7.05 Å².